The van der Waals surface area contributed by atoms with Crippen molar-refractivity contribution in [3.05, 3.63) is 65.2 Å². The van der Waals surface area contributed by atoms with Gasteiger partial charge in [0, 0.05) is 56.4 Å². The smallest absolute Gasteiger partial charge is 0.145 e. The molecule has 162 valence electrons. The molecule has 1 saturated heterocycles. The van der Waals surface area contributed by atoms with Gasteiger partial charge in [0.2, 0.25) is 0 Å². The van der Waals surface area contributed by atoms with E-state index in [1.807, 2.05) is 54.4 Å². The van der Waals surface area contributed by atoms with Crippen molar-refractivity contribution in [2.75, 3.05) is 32.1 Å². The highest BCUT2D eigenvalue weighted by Crippen LogP contribution is 2.22. The summed E-state index contributed by atoms with van der Waals surface area (Å²) < 4.78 is 4.01. The second-order valence-corrected chi connectivity index (χ2v) is 8.53. The molecule has 1 atom stereocenters. The van der Waals surface area contributed by atoms with E-state index >= 15 is 0 Å². The maximum atomic E-state index is 11.4. The van der Waals surface area contributed by atoms with Gasteiger partial charge in [-0.05, 0) is 58.1 Å². The highest BCUT2D eigenvalue weighted by atomic mass is 16.1. The fourth-order valence-electron chi connectivity index (χ4n) is 4.20. The zero-order valence-corrected chi connectivity index (χ0v) is 18.9. The molecule has 0 saturated carbocycles. The topological polar surface area (TPSA) is 58.1 Å². The van der Waals surface area contributed by atoms with Gasteiger partial charge in [-0.2, -0.15) is 0 Å². The molecule has 4 heterocycles. The molecule has 1 aliphatic rings. The van der Waals surface area contributed by atoms with E-state index in [9.17, 15) is 4.79 Å². The van der Waals surface area contributed by atoms with Crippen molar-refractivity contribution in [3.63, 3.8) is 0 Å². The van der Waals surface area contributed by atoms with Crippen LogP contribution in [0.2, 0.25) is 0 Å². The Morgan fingerprint density at radius 1 is 1.23 bits per heavy atom. The van der Waals surface area contributed by atoms with Crippen molar-refractivity contribution in [2.24, 2.45) is 12.0 Å². The second kappa shape index (κ2) is 8.51. The van der Waals surface area contributed by atoms with E-state index in [0.29, 0.717) is 11.7 Å². The molecule has 0 amide bonds. The van der Waals surface area contributed by atoms with Gasteiger partial charge in [-0.15, -0.1) is 0 Å². The first-order valence-electron chi connectivity index (χ1n) is 10.6. The van der Waals surface area contributed by atoms with Crippen LogP contribution >= 0.6 is 0 Å². The highest BCUT2D eigenvalue weighted by molar-refractivity contribution is 5.81. The summed E-state index contributed by atoms with van der Waals surface area (Å²) in [6, 6.07) is 6.75. The third kappa shape index (κ3) is 4.32. The first-order valence-corrected chi connectivity index (χ1v) is 10.6. The summed E-state index contributed by atoms with van der Waals surface area (Å²) in [7, 11) is 6.27. The minimum absolute atomic E-state index is 0.585. The van der Waals surface area contributed by atoms with Crippen LogP contribution in [-0.2, 0) is 11.8 Å². The van der Waals surface area contributed by atoms with Crippen LogP contribution in [0.3, 0.4) is 0 Å². The Morgan fingerprint density at radius 2 is 2.03 bits per heavy atom. The molecule has 0 aliphatic carbocycles. The number of aromatic nitrogens is 3. The van der Waals surface area contributed by atoms with E-state index < -0.39 is 0 Å². The summed E-state index contributed by atoms with van der Waals surface area (Å²) >= 11 is 0. The lowest BCUT2D eigenvalue weighted by Crippen LogP contribution is -2.32. The number of rotatable bonds is 5. The lowest BCUT2D eigenvalue weighted by molar-refractivity contribution is -0.104. The molecule has 0 unspecified atom stereocenters. The summed E-state index contributed by atoms with van der Waals surface area (Å²) in [6.45, 7) is 6.08. The third-order valence-electron chi connectivity index (χ3n) is 5.96. The van der Waals surface area contributed by atoms with Crippen LogP contribution in [0, 0.1) is 13.8 Å². The minimum atomic E-state index is 0.585. The van der Waals surface area contributed by atoms with Gasteiger partial charge in [0.1, 0.15) is 17.4 Å². The van der Waals surface area contributed by atoms with Gasteiger partial charge in [-0.3, -0.25) is 4.79 Å². The van der Waals surface area contributed by atoms with Gasteiger partial charge in [-0.25, -0.2) is 9.98 Å². The summed E-state index contributed by atoms with van der Waals surface area (Å²) in [5, 5.41) is 0. The predicted octanol–water partition coefficient (Wildman–Crippen LogP) is 2.57. The summed E-state index contributed by atoms with van der Waals surface area (Å²) in [5.74, 6) is 0. The number of fused-ring (bicyclic) bond motifs is 1. The average molecular weight is 419 g/mol. The Hall–Kier alpha value is -3.19. The lowest BCUT2D eigenvalue weighted by atomic mass is 10.1. The monoisotopic (exact) mass is 418 g/mol. The first kappa shape index (κ1) is 21.1. The van der Waals surface area contributed by atoms with Crippen molar-refractivity contribution in [1.82, 2.24) is 18.9 Å². The number of carbonyl (C=O) groups is 1. The molecule has 31 heavy (non-hydrogen) atoms. The molecular formula is C24H30N6O. The molecular weight excluding hydrogens is 388 g/mol. The van der Waals surface area contributed by atoms with E-state index in [1.54, 1.807) is 0 Å². The Bertz CT molecular complexity index is 1220. The normalized spacial score (nSPS) is 17.9. The van der Waals surface area contributed by atoms with Crippen LogP contribution in [0.25, 0.3) is 11.3 Å². The quantitative estimate of drug-likeness (QED) is 0.472. The van der Waals surface area contributed by atoms with Crippen LogP contribution in [0.5, 0.6) is 0 Å². The number of aldehydes is 1. The molecule has 3 aromatic rings. The maximum absolute atomic E-state index is 11.4. The summed E-state index contributed by atoms with van der Waals surface area (Å²) in [6.07, 6.45) is 9.54. The molecule has 1 fully saturated rings. The number of carbonyl (C=O) groups excluding carboxylic acids is 1. The van der Waals surface area contributed by atoms with Crippen molar-refractivity contribution in [2.45, 2.75) is 26.3 Å². The van der Waals surface area contributed by atoms with Crippen LogP contribution in [-0.4, -0.2) is 58.4 Å². The zero-order chi connectivity index (χ0) is 22.1. The van der Waals surface area contributed by atoms with Crippen LogP contribution in [0.1, 0.15) is 23.2 Å². The molecule has 0 N–H and O–H groups in total. The van der Waals surface area contributed by atoms with Gasteiger partial charge in [-0.1, -0.05) is 0 Å². The van der Waals surface area contributed by atoms with Crippen molar-refractivity contribution in [3.8, 4) is 0 Å². The number of hydrogen-bond donors (Lipinski definition) is 0. The zero-order valence-electron chi connectivity index (χ0n) is 18.9. The third-order valence-corrected chi connectivity index (χ3v) is 5.96. The molecule has 1 aliphatic heterocycles. The molecule has 0 spiro atoms. The van der Waals surface area contributed by atoms with Crippen molar-refractivity contribution >= 4 is 23.3 Å². The van der Waals surface area contributed by atoms with Gasteiger partial charge in [0.15, 0.2) is 0 Å². The molecule has 0 aromatic carbocycles. The number of nitrogens with zero attached hydrogens (tertiary/aromatic N) is 6. The molecule has 7 nitrogen and oxygen atoms in total. The van der Waals surface area contributed by atoms with Crippen molar-refractivity contribution in [1.29, 1.82) is 0 Å². The Labute approximate surface area is 183 Å². The van der Waals surface area contributed by atoms with Crippen LogP contribution in [0.15, 0.2) is 47.9 Å². The number of allylic oxidation sites excluding steroid dienone is 1. The van der Waals surface area contributed by atoms with Crippen molar-refractivity contribution < 1.29 is 4.79 Å². The van der Waals surface area contributed by atoms with E-state index in [0.717, 1.165) is 47.3 Å². The Kier molecular flexibility index (Phi) is 5.78. The summed E-state index contributed by atoms with van der Waals surface area (Å²) in [4.78, 5) is 25.4. The number of pyridine rings is 2. The molecule has 0 radical (unpaired) electrons. The molecule has 4 rings (SSSR count). The number of hydrogen-bond acceptors (Lipinski definition) is 5. The second-order valence-electron chi connectivity index (χ2n) is 8.53. The fourth-order valence-corrected chi connectivity index (χ4v) is 4.20. The Morgan fingerprint density at radius 3 is 2.71 bits per heavy atom. The predicted molar refractivity (Wildman–Crippen MR) is 124 cm³/mol. The Balaban J connectivity index is 1.69. The van der Waals surface area contributed by atoms with Gasteiger partial charge >= 0.3 is 0 Å². The highest BCUT2D eigenvalue weighted by Gasteiger charge is 2.24. The summed E-state index contributed by atoms with van der Waals surface area (Å²) in [5.41, 5.74) is 6.41. The molecule has 3 aromatic heterocycles. The number of imidazole rings is 1. The van der Waals surface area contributed by atoms with E-state index in [-0.39, 0.29) is 0 Å². The SMILES string of the molecule is Cc1cn2cc(/C(=C/C=O)N=c3ccc(N4CC[C@H](N(C)C)C4)cn3C)cc(C)c2n1. The standard InChI is InChI=1S/C24H30N6O/c1-17-12-19(14-30-13-18(2)25-24(17)30)22(9-11-31)26-23-7-6-21(15-28(23)5)29-10-8-20(16-29)27(3)4/h6-7,9,11-15,20H,8,10,16H2,1-5H3/b22-9-,26-23?/t20-/m0/s1. The largest absolute Gasteiger partial charge is 0.369 e. The lowest BCUT2D eigenvalue weighted by Gasteiger charge is -2.22. The first-order chi connectivity index (χ1) is 14.9. The van der Waals surface area contributed by atoms with Gasteiger partial charge < -0.3 is 18.8 Å². The molecule has 7 heteroatoms. The van der Waals surface area contributed by atoms with E-state index in [4.69, 9.17) is 4.99 Å². The average Bonchev–Trinajstić information content (AvgIpc) is 3.35. The number of anilines is 1. The minimum Gasteiger partial charge on any atom is -0.369 e. The van der Waals surface area contributed by atoms with E-state index in [1.165, 1.54) is 18.2 Å². The fraction of sp³-hybridized carbons (Fsp3) is 0.375. The van der Waals surface area contributed by atoms with Gasteiger partial charge in [0.05, 0.1) is 17.1 Å². The van der Waals surface area contributed by atoms with Gasteiger partial charge in [0.25, 0.3) is 0 Å². The molecule has 0 bridgehead atoms. The number of aryl methyl sites for hydroxylation is 3. The van der Waals surface area contributed by atoms with Crippen LogP contribution in [0.4, 0.5) is 5.69 Å². The van der Waals surface area contributed by atoms with Crippen LogP contribution < -0.4 is 10.4 Å². The maximum Gasteiger partial charge on any atom is 0.145 e. The van der Waals surface area contributed by atoms with E-state index in [2.05, 4.69) is 41.1 Å². The number of likely N-dealkylation sites (N-methyl/N-ethyl adjacent to an activating group) is 1.